The summed E-state index contributed by atoms with van der Waals surface area (Å²) in [5.74, 6) is 1.37. The summed E-state index contributed by atoms with van der Waals surface area (Å²) < 4.78 is 5.66. The largest absolute Gasteiger partial charge is 0.491 e. The number of piperidine rings is 1. The maximum absolute atomic E-state index is 12.2. The zero-order chi connectivity index (χ0) is 15.8. The quantitative estimate of drug-likeness (QED) is 0.801. The Bertz CT molecular complexity index is 488. The Morgan fingerprint density at radius 3 is 2.91 bits per heavy atom. The monoisotopic (exact) mass is 324 g/mol. The summed E-state index contributed by atoms with van der Waals surface area (Å²) >= 11 is 6.02. The zero-order valence-electron chi connectivity index (χ0n) is 13.2. The fraction of sp³-hybridized carbons (Fsp3) is 0.588. The summed E-state index contributed by atoms with van der Waals surface area (Å²) in [6, 6.07) is 5.33. The number of amides is 1. The molecule has 1 saturated heterocycles. The van der Waals surface area contributed by atoms with Gasteiger partial charge in [0.2, 0.25) is 5.91 Å². The average Bonchev–Trinajstić information content (AvgIpc) is 2.53. The first-order valence-corrected chi connectivity index (χ1v) is 8.49. The van der Waals surface area contributed by atoms with Gasteiger partial charge in [-0.25, -0.2) is 0 Å². The molecule has 1 heterocycles. The van der Waals surface area contributed by atoms with Gasteiger partial charge in [-0.15, -0.1) is 0 Å². The van der Waals surface area contributed by atoms with Gasteiger partial charge in [0.05, 0.1) is 12.3 Å². The fourth-order valence-electron chi connectivity index (χ4n) is 2.66. The maximum atomic E-state index is 12.2. The number of carbonyl (C=O) groups is 1. The van der Waals surface area contributed by atoms with E-state index in [1.54, 1.807) is 18.2 Å². The second-order valence-corrected chi connectivity index (χ2v) is 6.21. The molecule has 2 rings (SSSR count). The molecule has 0 radical (unpaired) electrons. The van der Waals surface area contributed by atoms with Crippen LogP contribution in [0.4, 0.5) is 5.69 Å². The highest BCUT2D eigenvalue weighted by atomic mass is 35.5. The highest BCUT2D eigenvalue weighted by Crippen LogP contribution is 2.28. The van der Waals surface area contributed by atoms with Gasteiger partial charge in [0, 0.05) is 11.4 Å². The Kier molecular flexibility index (Phi) is 7.00. The number of hydrogen-bond acceptors (Lipinski definition) is 3. The molecule has 0 atom stereocenters. The van der Waals surface area contributed by atoms with Crippen LogP contribution >= 0.6 is 11.6 Å². The molecule has 0 unspecified atom stereocenters. The Morgan fingerprint density at radius 2 is 2.18 bits per heavy atom. The molecule has 4 nitrogen and oxygen atoms in total. The van der Waals surface area contributed by atoms with Crippen LogP contribution in [0, 0.1) is 5.92 Å². The second-order valence-electron chi connectivity index (χ2n) is 5.77. The molecular formula is C17H25ClN2O2. The Balaban J connectivity index is 1.87. The molecule has 1 aromatic carbocycles. The predicted octanol–water partition coefficient (Wildman–Crippen LogP) is 3.85. The lowest BCUT2D eigenvalue weighted by Crippen LogP contribution is -2.28. The summed E-state index contributed by atoms with van der Waals surface area (Å²) in [5, 5.41) is 6.87. The van der Waals surface area contributed by atoms with E-state index < -0.39 is 0 Å². The molecule has 1 fully saturated rings. The van der Waals surface area contributed by atoms with Gasteiger partial charge in [-0.05, 0) is 62.9 Å². The van der Waals surface area contributed by atoms with E-state index in [0.717, 1.165) is 38.8 Å². The number of anilines is 1. The van der Waals surface area contributed by atoms with Crippen molar-refractivity contribution in [2.75, 3.05) is 25.0 Å². The standard InChI is InChI=1S/C17H25ClN2O2/c1-2-11-22-16-5-4-14(18)12-15(16)20-17(21)6-3-13-7-9-19-10-8-13/h4-5,12-13,19H,2-3,6-11H2,1H3,(H,20,21). The van der Waals surface area contributed by atoms with Crippen molar-refractivity contribution in [2.24, 2.45) is 5.92 Å². The number of nitrogens with one attached hydrogen (secondary N) is 2. The zero-order valence-corrected chi connectivity index (χ0v) is 13.9. The van der Waals surface area contributed by atoms with Crippen LogP contribution in [0.1, 0.15) is 39.0 Å². The third kappa shape index (κ3) is 5.50. The van der Waals surface area contributed by atoms with Gasteiger partial charge in [-0.1, -0.05) is 18.5 Å². The minimum atomic E-state index is 0.0298. The molecule has 1 amide bonds. The van der Waals surface area contributed by atoms with Crippen LogP contribution in [-0.4, -0.2) is 25.6 Å². The first kappa shape index (κ1) is 17.1. The molecule has 22 heavy (non-hydrogen) atoms. The van der Waals surface area contributed by atoms with Crippen LogP contribution < -0.4 is 15.4 Å². The van der Waals surface area contributed by atoms with E-state index >= 15 is 0 Å². The van der Waals surface area contributed by atoms with Gasteiger partial charge in [0.1, 0.15) is 5.75 Å². The molecule has 2 N–H and O–H groups in total. The lowest BCUT2D eigenvalue weighted by molar-refractivity contribution is -0.116. The summed E-state index contributed by atoms with van der Waals surface area (Å²) in [4.78, 5) is 12.2. The van der Waals surface area contributed by atoms with Gasteiger partial charge in [-0.3, -0.25) is 4.79 Å². The predicted molar refractivity (Wildman–Crippen MR) is 90.7 cm³/mol. The Labute approximate surface area is 137 Å². The molecule has 0 saturated carbocycles. The summed E-state index contributed by atoms with van der Waals surface area (Å²) in [6.07, 6.45) is 4.74. The molecule has 0 bridgehead atoms. The van der Waals surface area contributed by atoms with E-state index in [1.807, 2.05) is 6.92 Å². The fourth-order valence-corrected chi connectivity index (χ4v) is 2.83. The van der Waals surface area contributed by atoms with E-state index in [-0.39, 0.29) is 5.91 Å². The minimum Gasteiger partial charge on any atom is -0.491 e. The summed E-state index contributed by atoms with van der Waals surface area (Å²) in [6.45, 7) is 4.80. The second kappa shape index (κ2) is 9.01. The number of hydrogen-bond donors (Lipinski definition) is 2. The van der Waals surface area contributed by atoms with Crippen molar-refractivity contribution in [2.45, 2.75) is 39.0 Å². The van der Waals surface area contributed by atoms with Crippen LogP contribution in [0.15, 0.2) is 18.2 Å². The highest BCUT2D eigenvalue weighted by Gasteiger charge is 2.15. The highest BCUT2D eigenvalue weighted by molar-refractivity contribution is 6.31. The smallest absolute Gasteiger partial charge is 0.224 e. The van der Waals surface area contributed by atoms with Gasteiger partial charge < -0.3 is 15.4 Å². The number of carbonyl (C=O) groups excluding carboxylic acids is 1. The van der Waals surface area contributed by atoms with Gasteiger partial charge in [0.15, 0.2) is 0 Å². The van der Waals surface area contributed by atoms with Crippen LogP contribution in [0.3, 0.4) is 0 Å². The van der Waals surface area contributed by atoms with E-state index in [4.69, 9.17) is 16.3 Å². The van der Waals surface area contributed by atoms with Crippen LogP contribution in [0.25, 0.3) is 0 Å². The van der Waals surface area contributed by atoms with Crippen LogP contribution in [0.5, 0.6) is 5.75 Å². The van der Waals surface area contributed by atoms with Crippen molar-refractivity contribution in [3.63, 3.8) is 0 Å². The maximum Gasteiger partial charge on any atom is 0.224 e. The summed E-state index contributed by atoms with van der Waals surface area (Å²) in [5.41, 5.74) is 0.663. The molecular weight excluding hydrogens is 300 g/mol. The van der Waals surface area contributed by atoms with Crippen LogP contribution in [-0.2, 0) is 4.79 Å². The van der Waals surface area contributed by atoms with Crippen molar-refractivity contribution in [1.82, 2.24) is 5.32 Å². The molecule has 1 aromatic rings. The van der Waals surface area contributed by atoms with Crippen molar-refractivity contribution in [3.05, 3.63) is 23.2 Å². The van der Waals surface area contributed by atoms with E-state index in [1.165, 1.54) is 0 Å². The topological polar surface area (TPSA) is 50.4 Å². The van der Waals surface area contributed by atoms with Gasteiger partial charge >= 0.3 is 0 Å². The third-order valence-electron chi connectivity index (χ3n) is 3.92. The summed E-state index contributed by atoms with van der Waals surface area (Å²) in [7, 11) is 0. The van der Waals surface area contributed by atoms with E-state index in [9.17, 15) is 4.79 Å². The molecule has 122 valence electrons. The molecule has 0 aliphatic carbocycles. The molecule has 0 spiro atoms. The van der Waals surface area contributed by atoms with Crippen molar-refractivity contribution < 1.29 is 9.53 Å². The minimum absolute atomic E-state index is 0.0298. The van der Waals surface area contributed by atoms with Gasteiger partial charge in [-0.2, -0.15) is 0 Å². The first-order valence-electron chi connectivity index (χ1n) is 8.12. The number of halogens is 1. The molecule has 0 aromatic heterocycles. The van der Waals surface area contributed by atoms with Crippen LogP contribution in [0.2, 0.25) is 5.02 Å². The van der Waals surface area contributed by atoms with Crippen molar-refractivity contribution in [3.8, 4) is 5.75 Å². The van der Waals surface area contributed by atoms with E-state index in [2.05, 4.69) is 10.6 Å². The number of ether oxygens (including phenoxy) is 1. The number of benzene rings is 1. The first-order chi connectivity index (χ1) is 10.7. The van der Waals surface area contributed by atoms with Crippen molar-refractivity contribution >= 4 is 23.2 Å². The van der Waals surface area contributed by atoms with E-state index in [0.29, 0.717) is 35.4 Å². The molecule has 1 aliphatic rings. The average molecular weight is 325 g/mol. The van der Waals surface area contributed by atoms with Crippen molar-refractivity contribution in [1.29, 1.82) is 0 Å². The third-order valence-corrected chi connectivity index (χ3v) is 4.15. The SMILES string of the molecule is CCCOc1ccc(Cl)cc1NC(=O)CCC1CCNCC1. The Morgan fingerprint density at radius 1 is 1.41 bits per heavy atom. The lowest BCUT2D eigenvalue weighted by Gasteiger charge is -2.22. The molecule has 1 aliphatic heterocycles. The lowest BCUT2D eigenvalue weighted by atomic mass is 9.93. The number of rotatable bonds is 7. The van der Waals surface area contributed by atoms with Gasteiger partial charge in [0.25, 0.3) is 0 Å². The Hall–Kier alpha value is -1.26. The normalized spacial score (nSPS) is 15.5. The molecule has 5 heteroatoms.